The Labute approximate surface area is 142 Å². The molecule has 5 heteroatoms. The van der Waals surface area contributed by atoms with Crippen LogP contribution in [0, 0.1) is 6.92 Å². The molecule has 126 valence electrons. The molecule has 0 saturated heterocycles. The Hall–Kier alpha value is -2.30. The number of rotatable bonds is 4. The van der Waals surface area contributed by atoms with Crippen LogP contribution in [0.25, 0.3) is 0 Å². The van der Waals surface area contributed by atoms with Crippen molar-refractivity contribution < 1.29 is 9.53 Å². The number of carbonyl (C=O) groups excluding carboxylic acids is 1. The molecule has 24 heavy (non-hydrogen) atoms. The third-order valence-electron chi connectivity index (χ3n) is 4.92. The fourth-order valence-electron chi connectivity index (χ4n) is 3.76. The predicted molar refractivity (Wildman–Crippen MR) is 91.2 cm³/mol. The number of imidazole rings is 1. The molecule has 0 spiro atoms. The van der Waals surface area contributed by atoms with Crippen molar-refractivity contribution in [3.63, 3.8) is 0 Å². The van der Waals surface area contributed by atoms with E-state index in [2.05, 4.69) is 33.2 Å². The van der Waals surface area contributed by atoms with Gasteiger partial charge < -0.3 is 14.6 Å². The topological polar surface area (TPSA) is 56.2 Å². The highest BCUT2D eigenvalue weighted by molar-refractivity contribution is 5.77. The van der Waals surface area contributed by atoms with Gasteiger partial charge >= 0.3 is 0 Å². The van der Waals surface area contributed by atoms with Gasteiger partial charge in [-0.15, -0.1) is 0 Å². The van der Waals surface area contributed by atoms with Crippen molar-refractivity contribution in [1.82, 2.24) is 14.9 Å². The van der Waals surface area contributed by atoms with Gasteiger partial charge in [0.1, 0.15) is 11.6 Å². The van der Waals surface area contributed by atoms with Gasteiger partial charge in [-0.25, -0.2) is 4.98 Å². The Bertz CT molecular complexity index is 766. The molecule has 2 aliphatic rings. The maximum absolute atomic E-state index is 12.2. The standard InChI is InChI=1S/C19H23N3O2/c1-13-10-22-11-16(6-8-18(22)20-13)21-19(23)12-24-17-7-5-14-3-2-4-15(14)9-17/h5,7,9-10,16H,2-4,6,8,11-12H2,1H3,(H,21,23)/t16-/m0/s1. The predicted octanol–water partition coefficient (Wildman–Crippen LogP) is 2.19. The van der Waals surface area contributed by atoms with Crippen LogP contribution in [0.2, 0.25) is 0 Å². The Morgan fingerprint density at radius 1 is 1.33 bits per heavy atom. The van der Waals surface area contributed by atoms with Crippen molar-refractivity contribution in [3.05, 3.63) is 47.0 Å². The molecule has 4 rings (SSSR count). The second-order valence-electron chi connectivity index (χ2n) is 6.83. The first-order valence-corrected chi connectivity index (χ1v) is 8.74. The molecule has 0 saturated carbocycles. The lowest BCUT2D eigenvalue weighted by molar-refractivity contribution is -0.124. The highest BCUT2D eigenvalue weighted by Crippen LogP contribution is 2.26. The maximum Gasteiger partial charge on any atom is 0.258 e. The number of fused-ring (bicyclic) bond motifs is 2. The quantitative estimate of drug-likeness (QED) is 0.937. The third kappa shape index (κ3) is 3.16. The fraction of sp³-hybridized carbons (Fsp3) is 0.474. The van der Waals surface area contributed by atoms with Crippen molar-refractivity contribution in [3.8, 4) is 5.75 Å². The van der Waals surface area contributed by atoms with Crippen LogP contribution in [-0.2, 0) is 30.6 Å². The van der Waals surface area contributed by atoms with Crippen molar-refractivity contribution in [1.29, 1.82) is 0 Å². The summed E-state index contributed by atoms with van der Waals surface area (Å²) in [4.78, 5) is 16.7. The summed E-state index contributed by atoms with van der Waals surface area (Å²) in [5.74, 6) is 1.86. The summed E-state index contributed by atoms with van der Waals surface area (Å²) < 4.78 is 7.82. The zero-order valence-electron chi connectivity index (χ0n) is 14.0. The van der Waals surface area contributed by atoms with Gasteiger partial charge in [-0.2, -0.15) is 0 Å². The lowest BCUT2D eigenvalue weighted by Crippen LogP contribution is -2.42. The Morgan fingerprint density at radius 3 is 3.12 bits per heavy atom. The molecule has 1 aliphatic carbocycles. The first kappa shape index (κ1) is 15.2. The van der Waals surface area contributed by atoms with Crippen molar-refractivity contribution in [2.24, 2.45) is 0 Å². The van der Waals surface area contributed by atoms with E-state index in [9.17, 15) is 4.79 Å². The summed E-state index contributed by atoms with van der Waals surface area (Å²) in [5.41, 5.74) is 3.82. The Morgan fingerprint density at radius 2 is 2.21 bits per heavy atom. The van der Waals surface area contributed by atoms with Crippen LogP contribution in [0.1, 0.15) is 35.5 Å². The van der Waals surface area contributed by atoms with E-state index in [4.69, 9.17) is 4.74 Å². The normalized spacial score (nSPS) is 18.8. The third-order valence-corrected chi connectivity index (χ3v) is 4.92. The number of amides is 1. The molecular weight excluding hydrogens is 302 g/mol. The summed E-state index contributed by atoms with van der Waals surface area (Å²) in [6.45, 7) is 2.87. The highest BCUT2D eigenvalue weighted by Gasteiger charge is 2.21. The number of hydrogen-bond acceptors (Lipinski definition) is 3. The van der Waals surface area contributed by atoms with E-state index < -0.39 is 0 Å². The van der Waals surface area contributed by atoms with Gasteiger partial charge in [0, 0.05) is 25.2 Å². The molecule has 1 aromatic carbocycles. The zero-order valence-corrected chi connectivity index (χ0v) is 14.0. The number of carbonyl (C=O) groups is 1. The largest absolute Gasteiger partial charge is 0.484 e. The van der Waals surface area contributed by atoms with E-state index in [1.807, 2.05) is 13.0 Å². The van der Waals surface area contributed by atoms with Gasteiger partial charge in [-0.1, -0.05) is 6.07 Å². The van der Waals surface area contributed by atoms with E-state index in [1.54, 1.807) is 0 Å². The SMILES string of the molecule is Cc1cn2c(n1)CC[C@H](NC(=O)COc1ccc3c(c1)CCC3)C2. The van der Waals surface area contributed by atoms with Crippen molar-refractivity contribution in [2.75, 3.05) is 6.61 Å². The van der Waals surface area contributed by atoms with Crippen LogP contribution in [-0.4, -0.2) is 28.1 Å². The van der Waals surface area contributed by atoms with Gasteiger partial charge in [0.05, 0.1) is 5.69 Å². The first-order chi connectivity index (χ1) is 11.7. The average molecular weight is 325 g/mol. The summed E-state index contributed by atoms with van der Waals surface area (Å²) in [5, 5.41) is 3.08. The summed E-state index contributed by atoms with van der Waals surface area (Å²) in [7, 11) is 0. The minimum atomic E-state index is -0.0548. The maximum atomic E-state index is 12.2. The summed E-state index contributed by atoms with van der Waals surface area (Å²) in [6, 6.07) is 6.33. The van der Waals surface area contributed by atoms with Crippen LogP contribution in [0.4, 0.5) is 0 Å². The highest BCUT2D eigenvalue weighted by atomic mass is 16.5. The van der Waals surface area contributed by atoms with Gasteiger partial charge in [0.15, 0.2) is 6.61 Å². The number of hydrogen-bond donors (Lipinski definition) is 1. The Kier molecular flexibility index (Phi) is 4.00. The molecule has 0 radical (unpaired) electrons. The van der Waals surface area contributed by atoms with E-state index in [-0.39, 0.29) is 18.6 Å². The van der Waals surface area contributed by atoms with Crippen LogP contribution in [0.3, 0.4) is 0 Å². The van der Waals surface area contributed by atoms with Gasteiger partial charge in [-0.3, -0.25) is 4.79 Å². The fourth-order valence-corrected chi connectivity index (χ4v) is 3.76. The average Bonchev–Trinajstić information content (AvgIpc) is 3.17. The number of benzene rings is 1. The second-order valence-corrected chi connectivity index (χ2v) is 6.83. The van der Waals surface area contributed by atoms with Crippen LogP contribution in [0.15, 0.2) is 24.4 Å². The molecule has 1 aromatic heterocycles. The van der Waals surface area contributed by atoms with Gasteiger partial charge in [0.2, 0.25) is 0 Å². The molecule has 2 aromatic rings. The van der Waals surface area contributed by atoms with Gasteiger partial charge in [0.25, 0.3) is 5.91 Å². The molecule has 2 heterocycles. The Balaban J connectivity index is 1.29. The molecule has 0 bridgehead atoms. The number of ether oxygens (including phenoxy) is 1. The molecule has 1 aliphatic heterocycles. The molecule has 1 N–H and O–H groups in total. The minimum Gasteiger partial charge on any atom is -0.484 e. The number of nitrogens with zero attached hydrogens (tertiary/aromatic N) is 2. The lowest BCUT2D eigenvalue weighted by Gasteiger charge is -2.24. The zero-order chi connectivity index (χ0) is 16.5. The van der Waals surface area contributed by atoms with Crippen molar-refractivity contribution in [2.45, 2.75) is 51.6 Å². The van der Waals surface area contributed by atoms with E-state index in [0.717, 1.165) is 49.5 Å². The molecule has 5 nitrogen and oxygen atoms in total. The first-order valence-electron chi connectivity index (χ1n) is 8.74. The smallest absolute Gasteiger partial charge is 0.258 e. The van der Waals surface area contributed by atoms with Crippen LogP contribution in [0.5, 0.6) is 5.75 Å². The molecule has 0 unspecified atom stereocenters. The monoisotopic (exact) mass is 325 g/mol. The van der Waals surface area contributed by atoms with Crippen LogP contribution < -0.4 is 10.1 Å². The second kappa shape index (κ2) is 6.30. The van der Waals surface area contributed by atoms with Gasteiger partial charge in [-0.05, 0) is 55.9 Å². The summed E-state index contributed by atoms with van der Waals surface area (Å²) >= 11 is 0. The minimum absolute atomic E-state index is 0.0548. The van der Waals surface area contributed by atoms with Crippen molar-refractivity contribution >= 4 is 5.91 Å². The van der Waals surface area contributed by atoms with E-state index in [0.29, 0.717) is 0 Å². The van der Waals surface area contributed by atoms with Crippen LogP contribution >= 0.6 is 0 Å². The number of aromatic nitrogens is 2. The lowest BCUT2D eigenvalue weighted by atomic mass is 10.1. The molecule has 1 amide bonds. The number of aryl methyl sites for hydroxylation is 4. The molecule has 0 fully saturated rings. The molecule has 1 atom stereocenters. The van der Waals surface area contributed by atoms with E-state index >= 15 is 0 Å². The summed E-state index contributed by atoms with van der Waals surface area (Å²) in [6.07, 6.45) is 7.39. The van der Waals surface area contributed by atoms with E-state index in [1.165, 1.54) is 17.5 Å². The molecular formula is C19H23N3O2. The number of nitrogens with one attached hydrogen (secondary N) is 1.